The highest BCUT2D eigenvalue weighted by Crippen LogP contribution is 2.05. The summed E-state index contributed by atoms with van der Waals surface area (Å²) in [6.45, 7) is 6.37. The zero-order valence-corrected chi connectivity index (χ0v) is 7.61. The fraction of sp³-hybridized carbons (Fsp3) is 0.625. The van der Waals surface area contributed by atoms with Gasteiger partial charge in [0.05, 0.1) is 6.20 Å². The number of carbonyl (C=O) groups excluding carboxylic acids is 1. The summed E-state index contributed by atoms with van der Waals surface area (Å²) in [6.07, 6.45) is 1.52. The zero-order valence-electron chi connectivity index (χ0n) is 7.61. The molecule has 1 rings (SSSR count). The van der Waals surface area contributed by atoms with Gasteiger partial charge >= 0.3 is 0 Å². The van der Waals surface area contributed by atoms with Crippen molar-refractivity contribution in [3.05, 3.63) is 11.9 Å². The molecule has 0 saturated heterocycles. The minimum absolute atomic E-state index is 0.00815. The van der Waals surface area contributed by atoms with Crippen molar-refractivity contribution >= 4 is 5.78 Å². The second-order valence-corrected chi connectivity index (χ2v) is 2.95. The first-order chi connectivity index (χ1) is 5.66. The predicted octanol–water partition coefficient (Wildman–Crippen LogP) is 1.14. The van der Waals surface area contributed by atoms with Gasteiger partial charge in [-0.05, 0) is 6.92 Å². The SMILES string of the molecule is CCn1nncc1C(=O)C(C)C. The van der Waals surface area contributed by atoms with Crippen LogP contribution in [0.2, 0.25) is 0 Å². The molecule has 0 radical (unpaired) electrons. The second-order valence-electron chi connectivity index (χ2n) is 2.95. The van der Waals surface area contributed by atoms with Crippen LogP contribution in [-0.4, -0.2) is 20.8 Å². The molecule has 0 aliphatic carbocycles. The molecule has 0 aliphatic rings. The summed E-state index contributed by atoms with van der Waals surface area (Å²) < 4.78 is 1.61. The van der Waals surface area contributed by atoms with E-state index in [2.05, 4.69) is 10.3 Å². The van der Waals surface area contributed by atoms with Gasteiger partial charge in [-0.1, -0.05) is 19.1 Å². The van der Waals surface area contributed by atoms with Crippen LogP contribution in [-0.2, 0) is 6.54 Å². The van der Waals surface area contributed by atoms with Crippen LogP contribution in [0.15, 0.2) is 6.20 Å². The van der Waals surface area contributed by atoms with Crippen molar-refractivity contribution in [1.29, 1.82) is 0 Å². The van der Waals surface area contributed by atoms with Gasteiger partial charge in [0, 0.05) is 12.5 Å². The van der Waals surface area contributed by atoms with Crippen LogP contribution in [0, 0.1) is 5.92 Å². The Morgan fingerprint density at radius 2 is 2.33 bits per heavy atom. The number of aryl methyl sites for hydroxylation is 1. The Balaban J connectivity index is 2.94. The lowest BCUT2D eigenvalue weighted by Crippen LogP contribution is -2.14. The first-order valence-corrected chi connectivity index (χ1v) is 4.09. The van der Waals surface area contributed by atoms with Crippen LogP contribution in [0.1, 0.15) is 31.3 Å². The Kier molecular flexibility index (Phi) is 2.58. The Labute approximate surface area is 71.6 Å². The maximum atomic E-state index is 11.5. The van der Waals surface area contributed by atoms with Crippen LogP contribution in [0.25, 0.3) is 0 Å². The van der Waals surface area contributed by atoms with Gasteiger partial charge in [0.25, 0.3) is 0 Å². The van der Waals surface area contributed by atoms with E-state index in [-0.39, 0.29) is 11.7 Å². The highest BCUT2D eigenvalue weighted by atomic mass is 16.1. The van der Waals surface area contributed by atoms with Gasteiger partial charge in [0.2, 0.25) is 0 Å². The van der Waals surface area contributed by atoms with Crippen molar-refractivity contribution in [2.45, 2.75) is 27.3 Å². The van der Waals surface area contributed by atoms with Crippen molar-refractivity contribution in [2.75, 3.05) is 0 Å². The maximum absolute atomic E-state index is 11.5. The Bertz CT molecular complexity index is 278. The normalized spacial score (nSPS) is 10.7. The molecule has 0 spiro atoms. The number of aromatic nitrogens is 3. The fourth-order valence-electron chi connectivity index (χ4n) is 0.978. The smallest absolute Gasteiger partial charge is 0.185 e. The summed E-state index contributed by atoms with van der Waals surface area (Å²) in [5, 5.41) is 7.47. The van der Waals surface area contributed by atoms with Crippen molar-refractivity contribution in [2.24, 2.45) is 5.92 Å². The molecule has 1 aromatic rings. The van der Waals surface area contributed by atoms with Crippen LogP contribution < -0.4 is 0 Å². The minimum Gasteiger partial charge on any atom is -0.292 e. The van der Waals surface area contributed by atoms with Gasteiger partial charge in [0.1, 0.15) is 5.69 Å². The van der Waals surface area contributed by atoms with E-state index >= 15 is 0 Å². The van der Waals surface area contributed by atoms with E-state index in [9.17, 15) is 4.79 Å². The summed E-state index contributed by atoms with van der Waals surface area (Å²) in [5.74, 6) is 0.107. The van der Waals surface area contributed by atoms with E-state index in [0.29, 0.717) is 12.2 Å². The number of hydrogen-bond acceptors (Lipinski definition) is 3. The Hall–Kier alpha value is -1.19. The van der Waals surface area contributed by atoms with Gasteiger partial charge in [-0.2, -0.15) is 0 Å². The average molecular weight is 167 g/mol. The summed E-state index contributed by atoms with van der Waals surface area (Å²) in [6, 6.07) is 0. The fourth-order valence-corrected chi connectivity index (χ4v) is 0.978. The predicted molar refractivity (Wildman–Crippen MR) is 44.9 cm³/mol. The summed E-state index contributed by atoms with van der Waals surface area (Å²) >= 11 is 0. The molecule has 0 saturated carbocycles. The number of carbonyl (C=O) groups is 1. The molecular formula is C8H13N3O. The molecule has 0 bridgehead atoms. The van der Waals surface area contributed by atoms with Gasteiger partial charge in [0.15, 0.2) is 5.78 Å². The molecule has 4 nitrogen and oxygen atoms in total. The molecular weight excluding hydrogens is 154 g/mol. The molecule has 0 atom stereocenters. The third-order valence-electron chi connectivity index (χ3n) is 1.69. The first-order valence-electron chi connectivity index (χ1n) is 4.09. The lowest BCUT2D eigenvalue weighted by atomic mass is 10.1. The Morgan fingerprint density at radius 3 is 2.83 bits per heavy atom. The van der Waals surface area contributed by atoms with Crippen LogP contribution in [0.3, 0.4) is 0 Å². The highest BCUT2D eigenvalue weighted by Gasteiger charge is 2.15. The van der Waals surface area contributed by atoms with E-state index in [1.54, 1.807) is 4.68 Å². The van der Waals surface area contributed by atoms with E-state index in [1.807, 2.05) is 20.8 Å². The van der Waals surface area contributed by atoms with Crippen molar-refractivity contribution < 1.29 is 4.79 Å². The van der Waals surface area contributed by atoms with E-state index in [4.69, 9.17) is 0 Å². The lowest BCUT2D eigenvalue weighted by molar-refractivity contribution is 0.0928. The highest BCUT2D eigenvalue weighted by molar-refractivity contribution is 5.95. The lowest BCUT2D eigenvalue weighted by Gasteiger charge is -2.03. The number of nitrogens with zero attached hydrogens (tertiary/aromatic N) is 3. The topological polar surface area (TPSA) is 47.8 Å². The quantitative estimate of drug-likeness (QED) is 0.634. The molecule has 0 unspecified atom stereocenters. The van der Waals surface area contributed by atoms with Gasteiger partial charge < -0.3 is 0 Å². The molecule has 0 aliphatic heterocycles. The molecule has 0 fully saturated rings. The summed E-state index contributed by atoms with van der Waals surface area (Å²) in [7, 11) is 0. The largest absolute Gasteiger partial charge is 0.292 e. The summed E-state index contributed by atoms with van der Waals surface area (Å²) in [4.78, 5) is 11.5. The molecule has 0 N–H and O–H groups in total. The Morgan fingerprint density at radius 1 is 1.67 bits per heavy atom. The standard InChI is InChI=1S/C8H13N3O/c1-4-11-7(5-9-10-11)8(12)6(2)3/h5-6H,4H2,1-3H3. The monoisotopic (exact) mass is 167 g/mol. The minimum atomic E-state index is 0.00815. The van der Waals surface area contributed by atoms with Crippen LogP contribution in [0.5, 0.6) is 0 Å². The van der Waals surface area contributed by atoms with Crippen molar-refractivity contribution in [1.82, 2.24) is 15.0 Å². The van der Waals surface area contributed by atoms with E-state index < -0.39 is 0 Å². The van der Waals surface area contributed by atoms with Gasteiger partial charge in [-0.25, -0.2) is 4.68 Å². The number of Topliss-reactive ketones (excluding diaryl/α,β-unsaturated/α-hetero) is 1. The number of hydrogen-bond donors (Lipinski definition) is 0. The third kappa shape index (κ3) is 1.52. The van der Waals surface area contributed by atoms with E-state index in [0.717, 1.165) is 0 Å². The number of rotatable bonds is 3. The van der Waals surface area contributed by atoms with Gasteiger partial charge in [-0.15, -0.1) is 5.10 Å². The van der Waals surface area contributed by atoms with Crippen molar-refractivity contribution in [3.8, 4) is 0 Å². The van der Waals surface area contributed by atoms with Gasteiger partial charge in [-0.3, -0.25) is 4.79 Å². The van der Waals surface area contributed by atoms with E-state index in [1.165, 1.54) is 6.20 Å². The zero-order chi connectivity index (χ0) is 9.14. The van der Waals surface area contributed by atoms with Crippen LogP contribution >= 0.6 is 0 Å². The molecule has 66 valence electrons. The summed E-state index contributed by atoms with van der Waals surface area (Å²) in [5.41, 5.74) is 0.604. The molecule has 1 aromatic heterocycles. The van der Waals surface area contributed by atoms with Crippen molar-refractivity contribution in [3.63, 3.8) is 0 Å². The molecule has 1 heterocycles. The number of ketones is 1. The third-order valence-corrected chi connectivity index (χ3v) is 1.69. The molecule has 0 aromatic carbocycles. The second kappa shape index (κ2) is 3.47. The molecule has 0 amide bonds. The molecule has 4 heteroatoms. The first kappa shape index (κ1) is 8.90. The molecule has 12 heavy (non-hydrogen) atoms. The van der Waals surface area contributed by atoms with Crippen LogP contribution in [0.4, 0.5) is 0 Å². The average Bonchev–Trinajstić information content (AvgIpc) is 2.49. The maximum Gasteiger partial charge on any atom is 0.185 e.